The highest BCUT2D eigenvalue weighted by molar-refractivity contribution is 6.31. The van der Waals surface area contributed by atoms with Gasteiger partial charge in [0, 0.05) is 17.0 Å². The standard InChI is InChI=1S/C19H16ClNO4/c1-12-4-2-3-5-13(12)10-21-18(22)11-24-19(23)17-9-14-8-15(20)6-7-16(14)25-17/h2-9H,10-11H2,1H3,(H,21,22). The summed E-state index contributed by atoms with van der Waals surface area (Å²) >= 11 is 5.90. The van der Waals surface area contributed by atoms with E-state index in [0.29, 0.717) is 22.5 Å². The van der Waals surface area contributed by atoms with Crippen LogP contribution in [0.5, 0.6) is 0 Å². The SMILES string of the molecule is Cc1ccccc1CNC(=O)COC(=O)c1cc2cc(Cl)ccc2o1. The summed E-state index contributed by atoms with van der Waals surface area (Å²) < 4.78 is 10.4. The number of rotatable bonds is 5. The lowest BCUT2D eigenvalue weighted by Gasteiger charge is -2.08. The molecule has 0 saturated carbocycles. The molecule has 1 heterocycles. The lowest BCUT2D eigenvalue weighted by molar-refractivity contribution is -0.124. The van der Waals surface area contributed by atoms with E-state index in [1.807, 2.05) is 31.2 Å². The van der Waals surface area contributed by atoms with Gasteiger partial charge in [0.2, 0.25) is 5.76 Å². The van der Waals surface area contributed by atoms with Gasteiger partial charge >= 0.3 is 5.97 Å². The molecule has 3 aromatic rings. The lowest BCUT2D eigenvalue weighted by atomic mass is 10.1. The molecular formula is C19H16ClNO4. The van der Waals surface area contributed by atoms with E-state index in [4.69, 9.17) is 20.8 Å². The molecule has 6 heteroatoms. The zero-order valence-corrected chi connectivity index (χ0v) is 14.3. The first-order valence-corrected chi connectivity index (χ1v) is 8.08. The van der Waals surface area contributed by atoms with E-state index in [-0.39, 0.29) is 18.3 Å². The number of fused-ring (bicyclic) bond motifs is 1. The Balaban J connectivity index is 1.54. The van der Waals surface area contributed by atoms with E-state index >= 15 is 0 Å². The summed E-state index contributed by atoms with van der Waals surface area (Å²) in [5, 5.41) is 3.96. The molecule has 1 N–H and O–H groups in total. The van der Waals surface area contributed by atoms with Crippen molar-refractivity contribution in [2.75, 3.05) is 6.61 Å². The number of furan rings is 1. The fourth-order valence-corrected chi connectivity index (χ4v) is 2.55. The average Bonchev–Trinajstić information content (AvgIpc) is 3.02. The van der Waals surface area contributed by atoms with Crippen LogP contribution in [0.15, 0.2) is 52.9 Å². The van der Waals surface area contributed by atoms with Crippen molar-refractivity contribution in [3.8, 4) is 0 Å². The van der Waals surface area contributed by atoms with Crippen molar-refractivity contribution in [2.24, 2.45) is 0 Å². The van der Waals surface area contributed by atoms with Crippen molar-refractivity contribution in [1.82, 2.24) is 5.32 Å². The maximum atomic E-state index is 12.0. The molecule has 3 rings (SSSR count). The van der Waals surface area contributed by atoms with E-state index in [1.165, 1.54) is 6.07 Å². The highest BCUT2D eigenvalue weighted by Gasteiger charge is 2.15. The normalized spacial score (nSPS) is 10.6. The van der Waals surface area contributed by atoms with Crippen LogP contribution in [0.2, 0.25) is 5.02 Å². The number of carbonyl (C=O) groups excluding carboxylic acids is 2. The summed E-state index contributed by atoms with van der Waals surface area (Å²) in [6.07, 6.45) is 0. The van der Waals surface area contributed by atoms with Gasteiger partial charge in [-0.1, -0.05) is 35.9 Å². The number of hydrogen-bond acceptors (Lipinski definition) is 4. The van der Waals surface area contributed by atoms with Crippen LogP contribution in [0.25, 0.3) is 11.0 Å². The van der Waals surface area contributed by atoms with Crippen molar-refractivity contribution in [1.29, 1.82) is 0 Å². The highest BCUT2D eigenvalue weighted by atomic mass is 35.5. The molecule has 1 amide bonds. The van der Waals surface area contributed by atoms with Crippen LogP contribution in [-0.4, -0.2) is 18.5 Å². The van der Waals surface area contributed by atoms with Gasteiger partial charge in [-0.25, -0.2) is 4.79 Å². The van der Waals surface area contributed by atoms with E-state index in [0.717, 1.165) is 11.1 Å². The van der Waals surface area contributed by atoms with Crippen LogP contribution in [0, 0.1) is 6.92 Å². The quantitative estimate of drug-likeness (QED) is 0.704. The summed E-state index contributed by atoms with van der Waals surface area (Å²) in [7, 11) is 0. The molecule has 0 bridgehead atoms. The molecule has 0 radical (unpaired) electrons. The molecule has 2 aromatic carbocycles. The number of esters is 1. The van der Waals surface area contributed by atoms with E-state index < -0.39 is 5.97 Å². The Hall–Kier alpha value is -2.79. The van der Waals surface area contributed by atoms with Crippen molar-refractivity contribution in [3.63, 3.8) is 0 Å². The van der Waals surface area contributed by atoms with Crippen LogP contribution in [0.1, 0.15) is 21.7 Å². The van der Waals surface area contributed by atoms with Gasteiger partial charge in [-0.05, 0) is 42.3 Å². The molecule has 0 aliphatic carbocycles. The van der Waals surface area contributed by atoms with E-state index in [2.05, 4.69) is 5.32 Å². The number of benzene rings is 2. The molecule has 0 spiro atoms. The minimum atomic E-state index is -0.696. The minimum Gasteiger partial charge on any atom is -0.450 e. The lowest BCUT2D eigenvalue weighted by Crippen LogP contribution is -2.28. The average molecular weight is 358 g/mol. The summed E-state index contributed by atoms with van der Waals surface area (Å²) in [4.78, 5) is 23.8. The van der Waals surface area contributed by atoms with Crippen molar-refractivity contribution in [2.45, 2.75) is 13.5 Å². The fourth-order valence-electron chi connectivity index (χ4n) is 2.37. The van der Waals surface area contributed by atoms with Crippen molar-refractivity contribution >= 4 is 34.4 Å². The first-order valence-electron chi connectivity index (χ1n) is 7.70. The molecule has 128 valence electrons. The predicted molar refractivity (Wildman–Crippen MR) is 94.5 cm³/mol. The molecule has 0 aliphatic heterocycles. The Morgan fingerprint density at radius 1 is 1.16 bits per heavy atom. The van der Waals surface area contributed by atoms with E-state index in [1.54, 1.807) is 18.2 Å². The van der Waals surface area contributed by atoms with E-state index in [9.17, 15) is 9.59 Å². The van der Waals surface area contributed by atoms with Gasteiger partial charge < -0.3 is 14.5 Å². The fraction of sp³-hybridized carbons (Fsp3) is 0.158. The zero-order valence-electron chi connectivity index (χ0n) is 13.5. The van der Waals surface area contributed by atoms with Gasteiger partial charge in [-0.2, -0.15) is 0 Å². The van der Waals surface area contributed by atoms with Crippen LogP contribution >= 0.6 is 11.6 Å². The van der Waals surface area contributed by atoms with Crippen molar-refractivity contribution in [3.05, 3.63) is 70.4 Å². The predicted octanol–water partition coefficient (Wildman–Crippen LogP) is 3.87. The van der Waals surface area contributed by atoms with Gasteiger partial charge in [0.15, 0.2) is 6.61 Å². The van der Waals surface area contributed by atoms with Gasteiger partial charge in [0.25, 0.3) is 5.91 Å². The number of amides is 1. The third kappa shape index (κ3) is 4.19. The molecule has 5 nitrogen and oxygen atoms in total. The zero-order chi connectivity index (χ0) is 17.8. The maximum Gasteiger partial charge on any atom is 0.374 e. The van der Waals surface area contributed by atoms with Crippen LogP contribution in [0.4, 0.5) is 0 Å². The topological polar surface area (TPSA) is 68.5 Å². The summed E-state index contributed by atoms with van der Waals surface area (Å²) in [6, 6.07) is 14.3. The molecule has 0 unspecified atom stereocenters. The minimum absolute atomic E-state index is 0.0315. The number of carbonyl (C=O) groups is 2. The van der Waals surface area contributed by atoms with Gasteiger partial charge in [0.05, 0.1) is 0 Å². The third-order valence-corrected chi connectivity index (χ3v) is 3.99. The van der Waals surface area contributed by atoms with Gasteiger partial charge in [-0.3, -0.25) is 4.79 Å². The van der Waals surface area contributed by atoms with Crippen LogP contribution < -0.4 is 5.32 Å². The molecule has 0 atom stereocenters. The van der Waals surface area contributed by atoms with Gasteiger partial charge in [0.1, 0.15) is 5.58 Å². The Kier molecular flexibility index (Phi) is 5.05. The first-order chi connectivity index (χ1) is 12.0. The Labute approximate surface area is 149 Å². The maximum absolute atomic E-state index is 12.0. The molecule has 0 fully saturated rings. The highest BCUT2D eigenvalue weighted by Crippen LogP contribution is 2.23. The largest absolute Gasteiger partial charge is 0.450 e. The van der Waals surface area contributed by atoms with Gasteiger partial charge in [-0.15, -0.1) is 0 Å². The number of halogens is 1. The Bertz CT molecular complexity index is 932. The monoisotopic (exact) mass is 357 g/mol. The third-order valence-electron chi connectivity index (χ3n) is 3.75. The summed E-state index contributed by atoms with van der Waals surface area (Å²) in [5.41, 5.74) is 2.62. The van der Waals surface area contributed by atoms with Crippen LogP contribution in [0.3, 0.4) is 0 Å². The second-order valence-electron chi connectivity index (χ2n) is 5.57. The Morgan fingerprint density at radius 2 is 1.96 bits per heavy atom. The molecule has 1 aromatic heterocycles. The molecule has 25 heavy (non-hydrogen) atoms. The smallest absolute Gasteiger partial charge is 0.374 e. The van der Waals surface area contributed by atoms with Crippen molar-refractivity contribution < 1.29 is 18.7 Å². The van der Waals surface area contributed by atoms with Crippen LogP contribution in [-0.2, 0) is 16.1 Å². The molecule has 0 aliphatic rings. The summed E-state index contributed by atoms with van der Waals surface area (Å²) in [5.74, 6) is -1.04. The number of ether oxygens (including phenoxy) is 1. The molecular weight excluding hydrogens is 342 g/mol. The second kappa shape index (κ2) is 7.40. The number of aryl methyl sites for hydroxylation is 1. The molecule has 0 saturated heterocycles. The number of hydrogen-bond donors (Lipinski definition) is 1. The second-order valence-corrected chi connectivity index (χ2v) is 6.01. The number of nitrogens with one attached hydrogen (secondary N) is 1. The Morgan fingerprint density at radius 3 is 2.76 bits per heavy atom. The first kappa shape index (κ1) is 17.0. The summed E-state index contributed by atoms with van der Waals surface area (Å²) in [6.45, 7) is 1.98.